The second-order valence-corrected chi connectivity index (χ2v) is 5.56. The number of nitrogens with one attached hydrogen (secondary N) is 1. The molecule has 0 aliphatic heterocycles. The average molecular weight is 312 g/mol. The lowest BCUT2D eigenvalue weighted by Crippen LogP contribution is -2.24. The van der Waals surface area contributed by atoms with Crippen molar-refractivity contribution < 1.29 is 8.94 Å². The first kappa shape index (κ1) is 15.4. The molecule has 1 N–H and O–H groups in total. The molecule has 1 aromatic carbocycles. The van der Waals surface area contributed by atoms with Crippen LogP contribution in [0.5, 0.6) is 0 Å². The molecule has 2 aromatic heterocycles. The molecule has 0 spiro atoms. The molecular weight excluding hydrogens is 292 g/mol. The predicted octanol–water partition coefficient (Wildman–Crippen LogP) is 2.77. The van der Waals surface area contributed by atoms with E-state index in [2.05, 4.69) is 27.4 Å². The number of nitrogens with zero attached hydrogens (tertiary/aromatic N) is 3. The lowest BCUT2D eigenvalue weighted by molar-refractivity contribution is 0.376. The van der Waals surface area contributed by atoms with Crippen LogP contribution in [0.25, 0.3) is 11.5 Å². The van der Waals surface area contributed by atoms with E-state index >= 15 is 0 Å². The van der Waals surface area contributed by atoms with E-state index in [-0.39, 0.29) is 0 Å². The summed E-state index contributed by atoms with van der Waals surface area (Å²) in [6.07, 6.45) is 1.20. The molecule has 0 aliphatic carbocycles. The van der Waals surface area contributed by atoms with E-state index in [1.54, 1.807) is 0 Å². The quantitative estimate of drug-likeness (QED) is 0.754. The summed E-state index contributed by atoms with van der Waals surface area (Å²) in [5.74, 6) is 2.64. The maximum absolute atomic E-state index is 5.75. The van der Waals surface area contributed by atoms with E-state index in [0.717, 1.165) is 23.4 Å². The van der Waals surface area contributed by atoms with Crippen molar-refractivity contribution in [2.45, 2.75) is 32.7 Å². The second kappa shape index (κ2) is 6.75. The first-order valence-electron chi connectivity index (χ1n) is 7.66. The Morgan fingerprint density at radius 3 is 2.70 bits per heavy atom. The van der Waals surface area contributed by atoms with Crippen molar-refractivity contribution in [3.63, 3.8) is 0 Å². The molecule has 0 saturated carbocycles. The van der Waals surface area contributed by atoms with Crippen molar-refractivity contribution >= 4 is 0 Å². The number of hydrogen-bond acceptors (Lipinski definition) is 6. The van der Waals surface area contributed by atoms with Crippen LogP contribution in [0.1, 0.15) is 30.1 Å². The molecule has 120 valence electrons. The summed E-state index contributed by atoms with van der Waals surface area (Å²) in [4.78, 5) is 8.97. The Kier molecular flexibility index (Phi) is 4.52. The summed E-state index contributed by atoms with van der Waals surface area (Å²) in [5, 5.41) is 7.16. The van der Waals surface area contributed by atoms with E-state index in [0.29, 0.717) is 30.1 Å². The van der Waals surface area contributed by atoms with E-state index < -0.39 is 0 Å². The van der Waals surface area contributed by atoms with Crippen molar-refractivity contribution in [2.24, 2.45) is 0 Å². The summed E-state index contributed by atoms with van der Waals surface area (Å²) in [7, 11) is 1.91. The van der Waals surface area contributed by atoms with E-state index in [1.165, 1.54) is 0 Å². The summed E-state index contributed by atoms with van der Waals surface area (Å²) in [5.41, 5.74) is 1.77. The summed E-state index contributed by atoms with van der Waals surface area (Å²) >= 11 is 0. The Labute approximate surface area is 134 Å². The Morgan fingerprint density at radius 2 is 1.96 bits per heavy atom. The minimum atomic E-state index is 0.305. The minimum absolute atomic E-state index is 0.305. The zero-order chi connectivity index (χ0) is 16.2. The van der Waals surface area contributed by atoms with Crippen LogP contribution in [0.4, 0.5) is 0 Å². The van der Waals surface area contributed by atoms with Crippen molar-refractivity contribution in [2.75, 3.05) is 7.05 Å². The predicted molar refractivity (Wildman–Crippen MR) is 86.0 cm³/mol. The zero-order valence-corrected chi connectivity index (χ0v) is 13.5. The smallest absolute Gasteiger partial charge is 0.232 e. The molecule has 6 heteroatoms. The lowest BCUT2D eigenvalue weighted by atomic mass is 10.2. The molecule has 3 aromatic rings. The molecule has 0 saturated heterocycles. The van der Waals surface area contributed by atoms with E-state index in [4.69, 9.17) is 8.94 Å². The maximum Gasteiger partial charge on any atom is 0.232 e. The van der Waals surface area contributed by atoms with E-state index in [1.807, 2.05) is 44.3 Å². The highest BCUT2D eigenvalue weighted by molar-refractivity contribution is 5.53. The standard InChI is InChI=1S/C17H20N4O2/c1-11(18-3)9-15-20-16(23-21-15)10-14-12(2)22-17(19-14)13-7-5-4-6-8-13/h4-8,11,18H,9-10H2,1-3H3. The largest absolute Gasteiger partial charge is 0.441 e. The Hall–Kier alpha value is -2.47. The average Bonchev–Trinajstić information content (AvgIpc) is 3.15. The summed E-state index contributed by atoms with van der Waals surface area (Å²) < 4.78 is 11.1. The molecule has 23 heavy (non-hydrogen) atoms. The van der Waals surface area contributed by atoms with Gasteiger partial charge in [-0.1, -0.05) is 23.4 Å². The molecule has 0 amide bonds. The molecule has 1 unspecified atom stereocenters. The van der Waals surface area contributed by atoms with Gasteiger partial charge in [0.2, 0.25) is 11.8 Å². The third kappa shape index (κ3) is 3.65. The van der Waals surface area contributed by atoms with Crippen LogP contribution in [0.3, 0.4) is 0 Å². The van der Waals surface area contributed by atoms with Gasteiger partial charge in [0.1, 0.15) is 5.76 Å². The third-order valence-electron chi connectivity index (χ3n) is 3.72. The molecule has 1 atom stereocenters. The van der Waals surface area contributed by atoms with Gasteiger partial charge in [-0.3, -0.25) is 0 Å². The van der Waals surface area contributed by atoms with Crippen molar-refractivity contribution in [1.29, 1.82) is 0 Å². The monoisotopic (exact) mass is 312 g/mol. The Balaban J connectivity index is 1.75. The minimum Gasteiger partial charge on any atom is -0.441 e. The summed E-state index contributed by atoms with van der Waals surface area (Å²) in [6.45, 7) is 3.97. The molecule has 0 fully saturated rings. The Bertz CT molecular complexity index is 764. The van der Waals surface area contributed by atoms with Crippen molar-refractivity contribution in [3.05, 3.63) is 53.5 Å². The van der Waals surface area contributed by atoms with E-state index in [9.17, 15) is 0 Å². The second-order valence-electron chi connectivity index (χ2n) is 5.56. The SMILES string of the molecule is CNC(C)Cc1noc(Cc2nc(-c3ccccc3)oc2C)n1. The van der Waals surface area contributed by atoms with Crippen LogP contribution < -0.4 is 5.32 Å². The van der Waals surface area contributed by atoms with Crippen molar-refractivity contribution in [1.82, 2.24) is 20.4 Å². The van der Waals surface area contributed by atoms with Crippen LogP contribution in [0, 0.1) is 6.92 Å². The van der Waals surface area contributed by atoms with Crippen LogP contribution in [0.2, 0.25) is 0 Å². The van der Waals surface area contributed by atoms with Gasteiger partial charge in [-0.25, -0.2) is 4.98 Å². The number of benzene rings is 1. The Morgan fingerprint density at radius 1 is 1.17 bits per heavy atom. The normalized spacial score (nSPS) is 12.5. The molecule has 2 heterocycles. The van der Waals surface area contributed by atoms with Crippen LogP contribution in [-0.4, -0.2) is 28.2 Å². The highest BCUT2D eigenvalue weighted by atomic mass is 16.5. The fraction of sp³-hybridized carbons (Fsp3) is 0.353. The number of aromatic nitrogens is 3. The van der Waals surface area contributed by atoms with Gasteiger partial charge in [0.25, 0.3) is 0 Å². The lowest BCUT2D eigenvalue weighted by Gasteiger charge is -2.04. The maximum atomic E-state index is 5.75. The highest BCUT2D eigenvalue weighted by Crippen LogP contribution is 2.22. The zero-order valence-electron chi connectivity index (χ0n) is 13.5. The van der Waals surface area contributed by atoms with Gasteiger partial charge in [-0.2, -0.15) is 4.98 Å². The first-order valence-corrected chi connectivity index (χ1v) is 7.66. The first-order chi connectivity index (χ1) is 11.2. The summed E-state index contributed by atoms with van der Waals surface area (Å²) in [6, 6.07) is 10.1. The fourth-order valence-corrected chi connectivity index (χ4v) is 2.26. The van der Waals surface area contributed by atoms with Gasteiger partial charge in [0, 0.05) is 18.0 Å². The van der Waals surface area contributed by atoms with Crippen LogP contribution in [0.15, 0.2) is 39.3 Å². The topological polar surface area (TPSA) is 77.0 Å². The highest BCUT2D eigenvalue weighted by Gasteiger charge is 2.16. The molecule has 0 bridgehead atoms. The van der Waals surface area contributed by atoms with Gasteiger partial charge < -0.3 is 14.3 Å². The number of oxazole rings is 1. The van der Waals surface area contributed by atoms with Gasteiger partial charge in [-0.15, -0.1) is 0 Å². The molecular formula is C17H20N4O2. The fourth-order valence-electron chi connectivity index (χ4n) is 2.26. The number of aryl methyl sites for hydroxylation is 1. The van der Waals surface area contributed by atoms with Gasteiger partial charge >= 0.3 is 0 Å². The van der Waals surface area contributed by atoms with Crippen LogP contribution in [-0.2, 0) is 12.8 Å². The number of hydrogen-bond donors (Lipinski definition) is 1. The van der Waals surface area contributed by atoms with Crippen LogP contribution >= 0.6 is 0 Å². The number of likely N-dealkylation sites (N-methyl/N-ethyl adjacent to an activating group) is 1. The van der Waals surface area contributed by atoms with Gasteiger partial charge in [-0.05, 0) is 33.0 Å². The molecule has 0 radical (unpaired) electrons. The van der Waals surface area contributed by atoms with Crippen molar-refractivity contribution in [3.8, 4) is 11.5 Å². The number of rotatable bonds is 6. The molecule has 0 aliphatic rings. The molecule has 6 nitrogen and oxygen atoms in total. The van der Waals surface area contributed by atoms with Gasteiger partial charge in [0.15, 0.2) is 5.82 Å². The third-order valence-corrected chi connectivity index (χ3v) is 3.72. The molecule has 3 rings (SSSR count). The van der Waals surface area contributed by atoms with Gasteiger partial charge in [0.05, 0.1) is 12.1 Å².